The molecular weight excluding hydrogens is 705 g/mol. The number of alkyl carbamates (subject to hydrolysis) is 3. The maximum absolute atomic E-state index is 12.8. The number of nitrogens with two attached hydrogens (primary N) is 1. The van der Waals surface area contributed by atoms with Crippen LogP contribution >= 0.6 is 0 Å². The summed E-state index contributed by atoms with van der Waals surface area (Å²) in [5, 5.41) is 22.3. The summed E-state index contributed by atoms with van der Waals surface area (Å²) in [6.45, 7) is 4.73. The number of cyclic esters (lactones) is 3. The van der Waals surface area contributed by atoms with Gasteiger partial charge in [-0.05, 0) is 16.7 Å². The summed E-state index contributed by atoms with van der Waals surface area (Å²) < 4.78 is 57.7. The Morgan fingerprint density at radius 1 is 0.736 bits per heavy atom. The lowest BCUT2D eigenvalue weighted by atomic mass is 10.0. The molecule has 3 amide bonds. The number of oxime groups is 1. The van der Waals surface area contributed by atoms with Gasteiger partial charge in [0, 0.05) is 11.1 Å². The molecule has 53 heavy (non-hydrogen) atoms. The van der Waals surface area contributed by atoms with E-state index in [2.05, 4.69) is 40.6 Å². The minimum Gasteiger partial charge on any atom is -0.439 e. The standard InChI is InChI=1S/C12H10FN3O3.C11H12FN3O3.C11H9FN2O2/c13-5-9-10(19-12(17)15-9)7-1-3-8(4-2-7)11-14-6-18-16-11;12-5-8-9(18-11(16)14-8)6-1-3-7(4-2-6)10(13)15-17;1-13-8-4-2-7(3-5-8)10-9(6-12)14-11(15)16-10/h1-4,6,9-10H,5H2,(H,15,17);1-4,8-9,17H,5H2,(H2,13,15)(H,14,16);2-5,9-10H,6H2,(H,14,15)/t9-,10-;8-,9-;9-,10-/m111/s1. The summed E-state index contributed by atoms with van der Waals surface area (Å²) in [7, 11) is 0. The van der Waals surface area contributed by atoms with Gasteiger partial charge < -0.3 is 45.6 Å². The molecule has 0 unspecified atom stereocenters. The summed E-state index contributed by atoms with van der Waals surface area (Å²) in [4.78, 5) is 40.3. The average molecular weight is 737 g/mol. The van der Waals surface area contributed by atoms with Crippen molar-refractivity contribution in [2.45, 2.75) is 36.4 Å². The van der Waals surface area contributed by atoms with Gasteiger partial charge >= 0.3 is 18.3 Å². The summed E-state index contributed by atoms with van der Waals surface area (Å²) >= 11 is 0. The van der Waals surface area contributed by atoms with Crippen LogP contribution in [0.5, 0.6) is 0 Å². The highest BCUT2D eigenvalue weighted by atomic mass is 19.1. The number of ether oxygens (including phenoxy) is 3. The van der Waals surface area contributed by atoms with E-state index in [4.69, 9.17) is 31.7 Å². The Hall–Kier alpha value is -6.84. The minimum absolute atomic E-state index is 0.0230. The van der Waals surface area contributed by atoms with Crippen LogP contribution < -0.4 is 21.7 Å². The molecule has 19 heteroatoms. The molecule has 4 heterocycles. The second-order valence-electron chi connectivity index (χ2n) is 11.4. The number of amides is 3. The van der Waals surface area contributed by atoms with Crippen molar-refractivity contribution in [2.24, 2.45) is 10.9 Å². The van der Waals surface area contributed by atoms with Gasteiger partial charge in [0.05, 0.1) is 6.57 Å². The zero-order valence-electron chi connectivity index (χ0n) is 27.4. The first-order valence-corrected chi connectivity index (χ1v) is 15.7. The molecule has 0 bridgehead atoms. The molecule has 3 aliphatic heterocycles. The number of aromatic nitrogens is 2. The lowest BCUT2D eigenvalue weighted by molar-refractivity contribution is 0.127. The highest BCUT2D eigenvalue weighted by molar-refractivity contribution is 5.97. The number of halogens is 3. The zero-order valence-corrected chi connectivity index (χ0v) is 27.4. The van der Waals surface area contributed by atoms with Crippen LogP contribution in [0.3, 0.4) is 0 Å². The van der Waals surface area contributed by atoms with E-state index >= 15 is 0 Å². The Bertz CT molecular complexity index is 1930. The molecule has 3 fully saturated rings. The van der Waals surface area contributed by atoms with E-state index in [-0.39, 0.29) is 5.84 Å². The molecule has 3 saturated heterocycles. The summed E-state index contributed by atoms with van der Waals surface area (Å²) in [6, 6.07) is 18.1. The van der Waals surface area contributed by atoms with E-state index in [9.17, 15) is 27.6 Å². The van der Waals surface area contributed by atoms with Crippen LogP contribution in [-0.4, -0.2) is 77.6 Å². The normalized spacial score (nSPS) is 23.0. The van der Waals surface area contributed by atoms with Gasteiger partial charge in [0.25, 0.3) is 0 Å². The Labute approximate surface area is 298 Å². The minimum atomic E-state index is -0.710. The first kappa shape index (κ1) is 37.4. The number of benzene rings is 3. The van der Waals surface area contributed by atoms with Crippen LogP contribution in [0.4, 0.5) is 33.2 Å². The van der Waals surface area contributed by atoms with E-state index in [0.29, 0.717) is 33.8 Å². The monoisotopic (exact) mass is 736 g/mol. The molecule has 1 aromatic heterocycles. The predicted octanol–water partition coefficient (Wildman–Crippen LogP) is 5.11. The Morgan fingerprint density at radius 3 is 1.51 bits per heavy atom. The number of alkyl halides is 3. The van der Waals surface area contributed by atoms with Crippen molar-refractivity contribution in [3.8, 4) is 11.4 Å². The van der Waals surface area contributed by atoms with Crippen LogP contribution in [0, 0.1) is 6.57 Å². The van der Waals surface area contributed by atoms with Gasteiger partial charge in [-0.25, -0.2) is 32.4 Å². The second kappa shape index (κ2) is 17.4. The van der Waals surface area contributed by atoms with Crippen molar-refractivity contribution in [2.75, 3.05) is 20.0 Å². The summed E-state index contributed by atoms with van der Waals surface area (Å²) in [6.07, 6.45) is -2.50. The SMILES string of the molecule is NC(=NO)c1ccc([C@H]2OC(=O)N[C@@H]2CF)cc1.O=C1N[C@H](CF)[C@@H](c2ccc(-c3ncon3)cc2)O1.[C-]#[N+]c1ccc([C@H]2OC(=O)N[C@@H]2CF)cc1. The van der Waals surface area contributed by atoms with E-state index in [1.54, 1.807) is 72.8 Å². The third-order valence-electron chi connectivity index (χ3n) is 8.06. The highest BCUT2D eigenvalue weighted by Crippen LogP contribution is 2.30. The smallest absolute Gasteiger partial charge is 0.408 e. The van der Waals surface area contributed by atoms with Crippen LogP contribution in [0.2, 0.25) is 0 Å². The van der Waals surface area contributed by atoms with E-state index in [1.165, 1.54) is 6.39 Å². The average Bonchev–Trinajstić information content (AvgIpc) is 4.02. The molecule has 276 valence electrons. The van der Waals surface area contributed by atoms with Crippen molar-refractivity contribution in [1.29, 1.82) is 0 Å². The Morgan fingerprint density at radius 2 is 1.15 bits per heavy atom. The third-order valence-corrected chi connectivity index (χ3v) is 8.06. The first-order chi connectivity index (χ1) is 25.7. The lowest BCUT2D eigenvalue weighted by Gasteiger charge is -2.14. The maximum atomic E-state index is 12.8. The molecule has 6 N–H and O–H groups in total. The van der Waals surface area contributed by atoms with Crippen molar-refractivity contribution in [1.82, 2.24) is 26.1 Å². The van der Waals surface area contributed by atoms with Gasteiger partial charge in [0.1, 0.15) is 38.1 Å². The van der Waals surface area contributed by atoms with E-state index in [0.717, 1.165) is 5.56 Å². The van der Waals surface area contributed by atoms with E-state index < -0.39 is 74.7 Å². The number of nitrogens with one attached hydrogen (secondary N) is 3. The molecule has 0 saturated carbocycles. The maximum Gasteiger partial charge on any atom is 0.408 e. The van der Waals surface area contributed by atoms with Gasteiger partial charge in [-0.2, -0.15) is 4.98 Å². The molecule has 0 spiro atoms. The molecule has 7 rings (SSSR count). The number of hydrogen-bond donors (Lipinski definition) is 5. The van der Waals surface area contributed by atoms with Crippen LogP contribution in [0.15, 0.2) is 88.9 Å². The number of nitrogens with zero attached hydrogens (tertiary/aromatic N) is 4. The first-order valence-electron chi connectivity index (χ1n) is 15.7. The Kier molecular flexibility index (Phi) is 12.3. The fourth-order valence-electron chi connectivity index (χ4n) is 5.39. The summed E-state index contributed by atoms with van der Waals surface area (Å²) in [5.74, 6) is 0.445. The lowest BCUT2D eigenvalue weighted by Crippen LogP contribution is -2.29. The predicted molar refractivity (Wildman–Crippen MR) is 178 cm³/mol. The number of carbonyl (C=O) groups is 3. The molecule has 4 aromatic rings. The number of hydrogen-bond acceptors (Lipinski definition) is 11. The number of rotatable bonds is 8. The Balaban J connectivity index is 0.000000154. The van der Waals surface area contributed by atoms with Gasteiger partial charge in [-0.3, -0.25) is 0 Å². The van der Waals surface area contributed by atoms with Gasteiger partial charge in [-0.1, -0.05) is 83.1 Å². The van der Waals surface area contributed by atoms with Gasteiger partial charge in [-0.15, -0.1) is 0 Å². The van der Waals surface area contributed by atoms with Crippen molar-refractivity contribution in [3.05, 3.63) is 113 Å². The molecule has 0 radical (unpaired) electrons. The highest BCUT2D eigenvalue weighted by Gasteiger charge is 2.37. The fraction of sp³-hybridized carbons (Fsp3) is 0.265. The summed E-state index contributed by atoms with van der Waals surface area (Å²) in [5.41, 5.74) is 9.26. The molecule has 3 aromatic carbocycles. The van der Waals surface area contributed by atoms with Gasteiger partial charge in [0.2, 0.25) is 12.2 Å². The quantitative estimate of drug-likeness (QED) is 0.0400. The fourth-order valence-corrected chi connectivity index (χ4v) is 5.39. The van der Waals surface area contributed by atoms with Crippen LogP contribution in [-0.2, 0) is 14.2 Å². The number of carbonyl (C=O) groups excluding carboxylic acids is 3. The largest absolute Gasteiger partial charge is 0.439 e. The number of amidine groups is 1. The van der Waals surface area contributed by atoms with Crippen LogP contribution in [0.1, 0.15) is 40.6 Å². The third kappa shape index (κ3) is 9.10. The van der Waals surface area contributed by atoms with E-state index in [1.807, 2.05) is 0 Å². The molecule has 6 atom stereocenters. The van der Waals surface area contributed by atoms with Crippen molar-refractivity contribution >= 4 is 29.8 Å². The van der Waals surface area contributed by atoms with Crippen molar-refractivity contribution in [3.63, 3.8) is 0 Å². The van der Waals surface area contributed by atoms with Crippen molar-refractivity contribution < 1.29 is 51.5 Å². The molecule has 16 nitrogen and oxygen atoms in total. The topological polar surface area (TPSA) is 217 Å². The zero-order chi connectivity index (χ0) is 37.9. The van der Waals surface area contributed by atoms with Gasteiger partial charge in [0.15, 0.2) is 29.8 Å². The molecular formula is C34H31F3N8O8. The second-order valence-corrected chi connectivity index (χ2v) is 11.4. The molecule has 0 aliphatic carbocycles. The molecule has 3 aliphatic rings. The van der Waals surface area contributed by atoms with Crippen LogP contribution in [0.25, 0.3) is 16.2 Å².